The van der Waals surface area contributed by atoms with Crippen LogP contribution in [-0.2, 0) is 0 Å². The molecular weight excluding hydrogens is 435 g/mol. The van der Waals surface area contributed by atoms with E-state index in [4.69, 9.17) is 4.98 Å². The first-order chi connectivity index (χ1) is 12.1. The standard InChI is InChI=1S/C8H6N2OS.3C4H9.Sn/c11-7-5-3-1-2-4-6(5)9-8(12)10-7;3*1-3-4-2;/h1-4H,(H2,9,10,11,12);3*1,3-4H2,2H3;/q;;;;+1/p-1. The van der Waals surface area contributed by atoms with E-state index in [0.717, 1.165) is 10.7 Å². The maximum atomic E-state index is 12.4. The van der Waals surface area contributed by atoms with Crippen LogP contribution in [0.25, 0.3) is 10.9 Å². The Morgan fingerprint density at radius 1 is 0.960 bits per heavy atom. The van der Waals surface area contributed by atoms with Crippen molar-refractivity contribution in [3.05, 3.63) is 34.6 Å². The Kier molecular flexibility index (Phi) is 8.83. The summed E-state index contributed by atoms with van der Waals surface area (Å²) in [5.41, 5.74) is 0.838. The molecule has 0 bridgehead atoms. The first-order valence-corrected chi connectivity index (χ1v) is 20.2. The third kappa shape index (κ3) is 6.02. The van der Waals surface area contributed by atoms with Crippen molar-refractivity contribution < 1.29 is 0 Å². The van der Waals surface area contributed by atoms with E-state index in [-0.39, 0.29) is 5.56 Å². The molecule has 1 aromatic carbocycles. The van der Waals surface area contributed by atoms with E-state index in [9.17, 15) is 4.79 Å². The Labute approximate surface area is 158 Å². The summed E-state index contributed by atoms with van der Waals surface area (Å²) in [6, 6.07) is 7.68. The molecule has 3 nitrogen and oxygen atoms in total. The van der Waals surface area contributed by atoms with E-state index in [1.165, 1.54) is 51.8 Å². The van der Waals surface area contributed by atoms with Gasteiger partial charge in [-0.25, -0.2) is 0 Å². The van der Waals surface area contributed by atoms with Crippen molar-refractivity contribution >= 4 is 36.8 Å². The Hall–Kier alpha value is -0.491. The van der Waals surface area contributed by atoms with Gasteiger partial charge in [0, 0.05) is 0 Å². The van der Waals surface area contributed by atoms with Gasteiger partial charge < -0.3 is 0 Å². The van der Waals surface area contributed by atoms with Crippen LogP contribution < -0.4 is 5.56 Å². The average Bonchev–Trinajstić information content (AvgIpc) is 2.63. The van der Waals surface area contributed by atoms with Crippen molar-refractivity contribution in [2.24, 2.45) is 0 Å². The van der Waals surface area contributed by atoms with Crippen LogP contribution in [0.3, 0.4) is 0 Å². The Bertz CT molecular complexity index is 694. The summed E-state index contributed by atoms with van der Waals surface area (Å²) in [6.45, 7) is 6.87. The number of rotatable bonds is 11. The molecular formula is C20H32N2OSSn. The van der Waals surface area contributed by atoms with Crippen molar-refractivity contribution in [2.75, 3.05) is 0 Å². The molecule has 0 aliphatic carbocycles. The Morgan fingerprint density at radius 2 is 1.52 bits per heavy atom. The number of H-pyrrole nitrogens is 1. The summed E-state index contributed by atoms with van der Waals surface area (Å²) in [4.78, 5) is 20.3. The average molecular weight is 467 g/mol. The van der Waals surface area contributed by atoms with Crippen LogP contribution in [0, 0.1) is 0 Å². The molecule has 2 aromatic rings. The number of unbranched alkanes of at least 4 members (excludes halogenated alkanes) is 3. The van der Waals surface area contributed by atoms with Crippen molar-refractivity contribution in [1.82, 2.24) is 9.97 Å². The van der Waals surface area contributed by atoms with Crippen LogP contribution in [0.2, 0.25) is 13.3 Å². The first-order valence-electron chi connectivity index (χ1n) is 9.82. The molecule has 138 valence electrons. The Morgan fingerprint density at radius 3 is 2.08 bits per heavy atom. The molecule has 0 fully saturated rings. The molecule has 0 saturated heterocycles. The molecule has 2 rings (SSSR count). The number of hydrogen-bond acceptors (Lipinski definition) is 3. The number of nitrogens with zero attached hydrogens (tertiary/aromatic N) is 1. The third-order valence-corrected chi connectivity index (χ3v) is 26.0. The summed E-state index contributed by atoms with van der Waals surface area (Å²) in [5, 5.41) is 1.58. The zero-order chi connectivity index (χ0) is 18.1. The van der Waals surface area contributed by atoms with E-state index < -0.39 is 17.0 Å². The van der Waals surface area contributed by atoms with Crippen molar-refractivity contribution in [1.29, 1.82) is 0 Å². The van der Waals surface area contributed by atoms with Gasteiger partial charge in [-0.15, -0.1) is 0 Å². The van der Waals surface area contributed by atoms with Gasteiger partial charge in [-0.1, -0.05) is 0 Å². The monoisotopic (exact) mass is 468 g/mol. The summed E-state index contributed by atoms with van der Waals surface area (Å²) in [6.07, 6.45) is 7.77. The molecule has 0 aliphatic heterocycles. The fraction of sp³-hybridized carbons (Fsp3) is 0.600. The van der Waals surface area contributed by atoms with Crippen molar-refractivity contribution in [3.63, 3.8) is 0 Å². The SMILES string of the molecule is CCC[CH2][Sn]([CH2]CCC)([CH2]CCC)[S]c1nc2ccccc2c(=O)[nH]1. The molecule has 5 heteroatoms. The topological polar surface area (TPSA) is 45.8 Å². The van der Waals surface area contributed by atoms with Gasteiger partial charge in [0.2, 0.25) is 0 Å². The number of hydrogen-bond donors (Lipinski definition) is 1. The van der Waals surface area contributed by atoms with Crippen LogP contribution in [0.15, 0.2) is 34.2 Å². The van der Waals surface area contributed by atoms with E-state index >= 15 is 0 Å². The minimum absolute atomic E-state index is 0.00904. The number of benzene rings is 1. The van der Waals surface area contributed by atoms with E-state index in [2.05, 4.69) is 25.8 Å². The summed E-state index contributed by atoms with van der Waals surface area (Å²) >= 11 is -2.41. The predicted octanol–water partition coefficient (Wildman–Crippen LogP) is 6.36. The number of aromatic amines is 1. The van der Waals surface area contributed by atoms with Crippen LogP contribution >= 0.6 is 8.95 Å². The fourth-order valence-electron chi connectivity index (χ4n) is 3.34. The quantitative estimate of drug-likeness (QED) is 0.309. The maximum absolute atomic E-state index is 12.4. The molecule has 25 heavy (non-hydrogen) atoms. The normalized spacial score (nSPS) is 12.0. The van der Waals surface area contributed by atoms with Crippen molar-refractivity contribution in [3.8, 4) is 0 Å². The number of para-hydroxylation sites is 1. The predicted molar refractivity (Wildman–Crippen MR) is 113 cm³/mol. The van der Waals surface area contributed by atoms with Crippen LogP contribution in [-0.4, -0.2) is 27.0 Å². The first kappa shape index (κ1) is 20.8. The molecule has 1 aromatic heterocycles. The minimum atomic E-state index is -2.41. The molecule has 0 amide bonds. The zero-order valence-electron chi connectivity index (χ0n) is 15.9. The van der Waals surface area contributed by atoms with Gasteiger partial charge in [0.15, 0.2) is 0 Å². The van der Waals surface area contributed by atoms with Crippen LogP contribution in [0.4, 0.5) is 0 Å². The van der Waals surface area contributed by atoms with Gasteiger partial charge in [-0.05, 0) is 0 Å². The molecule has 0 radical (unpaired) electrons. The van der Waals surface area contributed by atoms with Gasteiger partial charge in [0.1, 0.15) is 0 Å². The second-order valence-corrected chi connectivity index (χ2v) is 26.2. The summed E-state index contributed by atoms with van der Waals surface area (Å²) in [7, 11) is 2.03. The second kappa shape index (κ2) is 10.6. The number of aromatic nitrogens is 2. The number of nitrogens with one attached hydrogen (secondary N) is 1. The molecule has 1 heterocycles. The van der Waals surface area contributed by atoms with E-state index in [1.54, 1.807) is 0 Å². The van der Waals surface area contributed by atoms with Gasteiger partial charge >= 0.3 is 159 Å². The Balaban J connectivity index is 2.34. The fourth-order valence-corrected chi connectivity index (χ4v) is 24.9. The van der Waals surface area contributed by atoms with Crippen LogP contribution in [0.5, 0.6) is 0 Å². The second-order valence-electron chi connectivity index (χ2n) is 6.98. The van der Waals surface area contributed by atoms with Gasteiger partial charge in [-0.3, -0.25) is 0 Å². The molecule has 0 unspecified atom stereocenters. The molecule has 0 atom stereocenters. The van der Waals surface area contributed by atoms with Crippen molar-refractivity contribution in [2.45, 2.75) is 77.8 Å². The van der Waals surface area contributed by atoms with Crippen LogP contribution in [0.1, 0.15) is 59.3 Å². The molecule has 1 N–H and O–H groups in total. The zero-order valence-corrected chi connectivity index (χ0v) is 19.6. The number of fused-ring (bicyclic) bond motifs is 1. The molecule has 0 aliphatic rings. The van der Waals surface area contributed by atoms with Gasteiger partial charge in [0.05, 0.1) is 0 Å². The summed E-state index contributed by atoms with van der Waals surface area (Å²) in [5.74, 6) is 0. The van der Waals surface area contributed by atoms with E-state index in [1.807, 2.05) is 33.2 Å². The van der Waals surface area contributed by atoms with E-state index in [0.29, 0.717) is 5.39 Å². The molecule has 0 saturated carbocycles. The third-order valence-electron chi connectivity index (χ3n) is 4.86. The van der Waals surface area contributed by atoms with Gasteiger partial charge in [0.25, 0.3) is 0 Å². The molecule has 0 spiro atoms. The summed E-state index contributed by atoms with van der Waals surface area (Å²) < 4.78 is 4.23. The van der Waals surface area contributed by atoms with Gasteiger partial charge in [-0.2, -0.15) is 0 Å².